The van der Waals surface area contributed by atoms with Gasteiger partial charge in [-0.1, -0.05) is 12.8 Å². The third kappa shape index (κ3) is 5.23. The van der Waals surface area contributed by atoms with Crippen LogP contribution >= 0.6 is 12.4 Å². The van der Waals surface area contributed by atoms with Crippen molar-refractivity contribution in [1.82, 2.24) is 4.90 Å². The minimum atomic E-state index is -0.376. The van der Waals surface area contributed by atoms with E-state index in [2.05, 4.69) is 0 Å². The molecule has 0 aromatic heterocycles. The Balaban J connectivity index is 0.00000289. The number of rotatable bonds is 7. The minimum Gasteiger partial charge on any atom is -0.368 e. The molecule has 0 saturated carbocycles. The quantitative estimate of drug-likeness (QED) is 0.674. The second kappa shape index (κ2) is 9.16. The molecular weight excluding hydrogens is 254 g/mol. The highest BCUT2D eigenvalue weighted by atomic mass is 35.5. The van der Waals surface area contributed by atoms with Gasteiger partial charge in [-0.25, -0.2) is 0 Å². The Kier molecular flexibility index (Phi) is 8.75. The number of carbonyl (C=O) groups is 2. The molecule has 2 amide bonds. The van der Waals surface area contributed by atoms with E-state index in [4.69, 9.17) is 11.5 Å². The van der Waals surface area contributed by atoms with Crippen LogP contribution in [0.15, 0.2) is 0 Å². The van der Waals surface area contributed by atoms with E-state index in [9.17, 15) is 9.59 Å². The zero-order chi connectivity index (χ0) is 12.7. The van der Waals surface area contributed by atoms with Crippen molar-refractivity contribution in [3.63, 3.8) is 0 Å². The lowest BCUT2D eigenvalue weighted by atomic mass is 10.1. The van der Waals surface area contributed by atoms with Gasteiger partial charge >= 0.3 is 0 Å². The molecule has 5 nitrogen and oxygen atoms in total. The van der Waals surface area contributed by atoms with Crippen molar-refractivity contribution < 1.29 is 9.59 Å². The Hall–Kier alpha value is -0.810. The van der Waals surface area contributed by atoms with Crippen molar-refractivity contribution in [3.05, 3.63) is 0 Å². The zero-order valence-corrected chi connectivity index (χ0v) is 11.6. The first-order valence-corrected chi connectivity index (χ1v) is 6.45. The van der Waals surface area contributed by atoms with Gasteiger partial charge in [0.2, 0.25) is 11.8 Å². The number of unbranched alkanes of at least 4 members (excludes halogenated alkanes) is 3. The normalized spacial score (nSPS) is 18.5. The fraction of sp³-hybridized carbons (Fsp3) is 0.833. The van der Waals surface area contributed by atoms with Crippen LogP contribution in [0.5, 0.6) is 0 Å². The summed E-state index contributed by atoms with van der Waals surface area (Å²) in [6, 6.07) is -0.369. The summed E-state index contributed by atoms with van der Waals surface area (Å²) in [6.07, 6.45) is 6.11. The third-order valence-corrected chi connectivity index (χ3v) is 3.25. The van der Waals surface area contributed by atoms with Crippen molar-refractivity contribution in [2.75, 3.05) is 13.1 Å². The number of halogens is 1. The van der Waals surface area contributed by atoms with Crippen LogP contribution in [0.25, 0.3) is 0 Å². The molecule has 1 heterocycles. The van der Waals surface area contributed by atoms with Crippen molar-refractivity contribution in [1.29, 1.82) is 0 Å². The molecule has 18 heavy (non-hydrogen) atoms. The summed E-state index contributed by atoms with van der Waals surface area (Å²) < 4.78 is 0. The predicted molar refractivity (Wildman–Crippen MR) is 73.3 cm³/mol. The summed E-state index contributed by atoms with van der Waals surface area (Å²) in [5.41, 5.74) is 10.7. The van der Waals surface area contributed by atoms with Gasteiger partial charge in [-0.15, -0.1) is 12.4 Å². The molecule has 0 aromatic rings. The molecule has 1 rings (SSSR count). The van der Waals surface area contributed by atoms with Crippen molar-refractivity contribution >= 4 is 24.2 Å². The lowest BCUT2D eigenvalue weighted by molar-refractivity contribution is -0.137. The molecule has 0 aliphatic carbocycles. The molecule has 106 valence electrons. The zero-order valence-electron chi connectivity index (χ0n) is 10.8. The number of nitrogens with zero attached hydrogens (tertiary/aromatic N) is 1. The van der Waals surface area contributed by atoms with Crippen LogP contribution in [0.4, 0.5) is 0 Å². The molecule has 1 fully saturated rings. The molecular formula is C12H24ClN3O2. The van der Waals surface area contributed by atoms with E-state index in [0.717, 1.165) is 32.1 Å². The fourth-order valence-corrected chi connectivity index (χ4v) is 2.28. The van der Waals surface area contributed by atoms with Crippen LogP contribution in [0, 0.1) is 0 Å². The molecule has 0 bridgehead atoms. The molecule has 0 radical (unpaired) electrons. The first-order valence-electron chi connectivity index (χ1n) is 6.45. The van der Waals surface area contributed by atoms with E-state index in [1.54, 1.807) is 4.90 Å². The number of hydrogen-bond acceptors (Lipinski definition) is 3. The van der Waals surface area contributed by atoms with Gasteiger partial charge in [0.15, 0.2) is 0 Å². The standard InChI is InChI=1S/C12H23N3O2.ClH/c13-8-4-2-1-3-7-11(16)15-9-5-6-10(15)12(14)17;/h10H,1-9,13H2,(H2,14,17);1H. The van der Waals surface area contributed by atoms with Gasteiger partial charge in [0.05, 0.1) is 0 Å². The van der Waals surface area contributed by atoms with Crippen LogP contribution in [-0.2, 0) is 9.59 Å². The molecule has 0 spiro atoms. The van der Waals surface area contributed by atoms with Crippen LogP contribution in [0.1, 0.15) is 44.9 Å². The highest BCUT2D eigenvalue weighted by Crippen LogP contribution is 2.18. The maximum atomic E-state index is 11.9. The molecule has 4 N–H and O–H groups in total. The van der Waals surface area contributed by atoms with Crippen LogP contribution in [-0.4, -0.2) is 35.8 Å². The number of likely N-dealkylation sites (tertiary alicyclic amines) is 1. The summed E-state index contributed by atoms with van der Waals surface area (Å²) >= 11 is 0. The van der Waals surface area contributed by atoms with Gasteiger partial charge in [-0.3, -0.25) is 9.59 Å². The average Bonchev–Trinajstić information content (AvgIpc) is 2.77. The summed E-state index contributed by atoms with van der Waals surface area (Å²) in [4.78, 5) is 24.7. The fourth-order valence-electron chi connectivity index (χ4n) is 2.28. The van der Waals surface area contributed by atoms with Gasteiger partial charge in [-0.2, -0.15) is 0 Å². The van der Waals surface area contributed by atoms with Crippen LogP contribution in [0.2, 0.25) is 0 Å². The van der Waals surface area contributed by atoms with Crippen molar-refractivity contribution in [2.24, 2.45) is 11.5 Å². The Morgan fingerprint density at radius 3 is 2.44 bits per heavy atom. The maximum absolute atomic E-state index is 11.9. The Labute approximate surface area is 115 Å². The lowest BCUT2D eigenvalue weighted by Gasteiger charge is -2.22. The highest BCUT2D eigenvalue weighted by molar-refractivity contribution is 5.87. The molecule has 0 aromatic carbocycles. The molecule has 1 aliphatic heterocycles. The predicted octanol–water partition coefficient (Wildman–Crippen LogP) is 0.794. The lowest BCUT2D eigenvalue weighted by Crippen LogP contribution is -2.43. The first-order chi connectivity index (χ1) is 8.16. The van der Waals surface area contributed by atoms with E-state index in [1.807, 2.05) is 0 Å². The smallest absolute Gasteiger partial charge is 0.240 e. The van der Waals surface area contributed by atoms with Gasteiger partial charge in [0, 0.05) is 13.0 Å². The van der Waals surface area contributed by atoms with Gasteiger partial charge < -0.3 is 16.4 Å². The van der Waals surface area contributed by atoms with Gasteiger partial charge in [0.25, 0.3) is 0 Å². The van der Waals surface area contributed by atoms with Crippen molar-refractivity contribution in [3.8, 4) is 0 Å². The number of amides is 2. The topological polar surface area (TPSA) is 89.4 Å². The third-order valence-electron chi connectivity index (χ3n) is 3.25. The minimum absolute atomic E-state index is 0. The van der Waals surface area contributed by atoms with E-state index < -0.39 is 0 Å². The van der Waals surface area contributed by atoms with E-state index in [1.165, 1.54) is 0 Å². The molecule has 1 aliphatic rings. The molecule has 1 atom stereocenters. The number of nitrogens with two attached hydrogens (primary N) is 2. The van der Waals surface area contributed by atoms with E-state index in [0.29, 0.717) is 25.9 Å². The largest absolute Gasteiger partial charge is 0.368 e. The van der Waals surface area contributed by atoms with Crippen LogP contribution in [0.3, 0.4) is 0 Å². The molecule has 1 saturated heterocycles. The SMILES string of the molecule is Cl.NCCCCCCC(=O)N1CCCC1C(N)=O. The molecule has 1 unspecified atom stereocenters. The first kappa shape index (κ1) is 17.2. The number of carbonyl (C=O) groups excluding carboxylic acids is 2. The van der Waals surface area contributed by atoms with Gasteiger partial charge in [0.1, 0.15) is 6.04 Å². The second-order valence-electron chi connectivity index (χ2n) is 4.60. The Morgan fingerprint density at radius 1 is 1.17 bits per heavy atom. The van der Waals surface area contributed by atoms with Crippen molar-refractivity contribution in [2.45, 2.75) is 51.0 Å². The van der Waals surface area contributed by atoms with E-state index >= 15 is 0 Å². The maximum Gasteiger partial charge on any atom is 0.240 e. The Morgan fingerprint density at radius 2 is 1.83 bits per heavy atom. The molecule has 6 heteroatoms. The second-order valence-corrected chi connectivity index (χ2v) is 4.60. The van der Waals surface area contributed by atoms with Crippen LogP contribution < -0.4 is 11.5 Å². The summed E-state index contributed by atoms with van der Waals surface area (Å²) in [7, 11) is 0. The highest BCUT2D eigenvalue weighted by Gasteiger charge is 2.31. The summed E-state index contributed by atoms with van der Waals surface area (Å²) in [6.45, 7) is 1.39. The Bertz CT molecular complexity index is 274. The number of hydrogen-bond donors (Lipinski definition) is 2. The van der Waals surface area contributed by atoms with E-state index in [-0.39, 0.29) is 30.3 Å². The van der Waals surface area contributed by atoms with Gasteiger partial charge in [-0.05, 0) is 32.2 Å². The monoisotopic (exact) mass is 277 g/mol. The summed E-state index contributed by atoms with van der Waals surface area (Å²) in [5, 5.41) is 0. The number of primary amides is 1. The average molecular weight is 278 g/mol. The summed E-state index contributed by atoms with van der Waals surface area (Å²) in [5.74, 6) is -0.307.